The minimum absolute atomic E-state index is 0.0497. The maximum Gasteiger partial charge on any atom is 0.252 e. The minimum Gasteiger partial charge on any atom is -0.494 e. The molecule has 2 aromatic rings. The molecule has 0 bridgehead atoms. The lowest BCUT2D eigenvalue weighted by Crippen LogP contribution is -2.35. The first-order valence-corrected chi connectivity index (χ1v) is 10.9. The van der Waals surface area contributed by atoms with Crippen LogP contribution in [0.2, 0.25) is 0 Å². The van der Waals surface area contributed by atoms with Gasteiger partial charge >= 0.3 is 0 Å². The topological polar surface area (TPSA) is 50.8 Å². The van der Waals surface area contributed by atoms with Gasteiger partial charge in [0.05, 0.1) is 12.1 Å². The lowest BCUT2D eigenvalue weighted by Gasteiger charge is -2.20. The number of ether oxygens (including phenoxy) is 2. The number of amides is 1. The molecular weight excluding hydrogens is 376 g/mol. The molecular formula is C25H34N2O3. The van der Waals surface area contributed by atoms with Crippen LogP contribution in [0.15, 0.2) is 42.5 Å². The van der Waals surface area contributed by atoms with Crippen molar-refractivity contribution in [1.29, 1.82) is 0 Å². The van der Waals surface area contributed by atoms with Crippen LogP contribution < -0.4 is 14.8 Å². The molecule has 1 saturated carbocycles. The molecule has 1 fully saturated rings. The van der Waals surface area contributed by atoms with Crippen LogP contribution in [0, 0.1) is 6.92 Å². The molecule has 0 aromatic heterocycles. The smallest absolute Gasteiger partial charge is 0.252 e. The first-order valence-electron chi connectivity index (χ1n) is 10.9. The van der Waals surface area contributed by atoms with Crippen molar-refractivity contribution < 1.29 is 14.3 Å². The Hall–Kier alpha value is -2.53. The molecule has 5 heteroatoms. The van der Waals surface area contributed by atoms with Crippen molar-refractivity contribution in [3.05, 3.63) is 59.2 Å². The number of nitrogens with one attached hydrogen (secondary N) is 1. The minimum atomic E-state index is -0.271. The number of nitrogens with zero attached hydrogens (tertiary/aromatic N) is 1. The van der Waals surface area contributed by atoms with E-state index in [1.807, 2.05) is 51.4 Å². The normalized spacial score (nSPS) is 14.4. The summed E-state index contributed by atoms with van der Waals surface area (Å²) in [4.78, 5) is 15.1. The van der Waals surface area contributed by atoms with Crippen molar-refractivity contribution in [3.8, 4) is 11.5 Å². The highest BCUT2D eigenvalue weighted by Crippen LogP contribution is 2.46. The van der Waals surface area contributed by atoms with E-state index >= 15 is 0 Å². The molecule has 0 heterocycles. The Labute approximate surface area is 180 Å². The first-order chi connectivity index (χ1) is 14.4. The maximum atomic E-state index is 13.1. The molecule has 1 N–H and O–H groups in total. The number of hydrogen-bond acceptors (Lipinski definition) is 4. The van der Waals surface area contributed by atoms with E-state index < -0.39 is 0 Å². The summed E-state index contributed by atoms with van der Waals surface area (Å²) in [5.74, 6) is 1.56. The van der Waals surface area contributed by atoms with Gasteiger partial charge in [0.1, 0.15) is 18.1 Å². The molecule has 0 saturated heterocycles. The first kappa shape index (κ1) is 22.2. The summed E-state index contributed by atoms with van der Waals surface area (Å²) < 4.78 is 11.6. The van der Waals surface area contributed by atoms with Gasteiger partial charge in [-0.05, 0) is 75.7 Å². The molecule has 30 heavy (non-hydrogen) atoms. The van der Waals surface area contributed by atoms with Gasteiger partial charge in [-0.2, -0.15) is 0 Å². The van der Waals surface area contributed by atoms with Crippen molar-refractivity contribution in [1.82, 2.24) is 10.2 Å². The van der Waals surface area contributed by atoms with E-state index in [-0.39, 0.29) is 11.4 Å². The largest absolute Gasteiger partial charge is 0.494 e. The summed E-state index contributed by atoms with van der Waals surface area (Å²) >= 11 is 0. The number of carbonyl (C=O) groups excluding carboxylic acids is 1. The molecule has 0 aliphatic heterocycles. The molecule has 0 spiro atoms. The second kappa shape index (κ2) is 9.98. The van der Waals surface area contributed by atoms with Gasteiger partial charge < -0.3 is 19.7 Å². The standard InChI is InChI=1S/C25H34N2O3/c1-5-6-16-29-21-11-8-20(9-12-21)25(13-14-25)26-24(28)23-18-22(10-7-19(23)2)30-17-15-27(3)4/h7-12,18H,5-6,13-17H2,1-4H3,(H,26,28). The van der Waals surface area contributed by atoms with Gasteiger partial charge in [-0.25, -0.2) is 0 Å². The summed E-state index contributed by atoms with van der Waals surface area (Å²) in [7, 11) is 4.02. The highest BCUT2D eigenvalue weighted by molar-refractivity contribution is 5.96. The Balaban J connectivity index is 1.65. The van der Waals surface area contributed by atoms with Crippen LogP contribution in [0.25, 0.3) is 0 Å². The number of benzene rings is 2. The van der Waals surface area contributed by atoms with E-state index in [2.05, 4.69) is 29.3 Å². The van der Waals surface area contributed by atoms with Crippen molar-refractivity contribution in [2.45, 2.75) is 45.1 Å². The zero-order chi connectivity index (χ0) is 21.6. The van der Waals surface area contributed by atoms with Crippen LogP contribution >= 0.6 is 0 Å². The van der Waals surface area contributed by atoms with Crippen LogP contribution in [-0.4, -0.2) is 44.7 Å². The quantitative estimate of drug-likeness (QED) is 0.553. The number of rotatable bonds is 11. The lowest BCUT2D eigenvalue weighted by atomic mass is 10.0. The molecule has 0 atom stereocenters. The van der Waals surface area contributed by atoms with E-state index in [4.69, 9.17) is 9.47 Å². The van der Waals surface area contributed by atoms with E-state index in [9.17, 15) is 4.79 Å². The Kier molecular flexibility index (Phi) is 7.38. The molecule has 1 aliphatic carbocycles. The van der Waals surface area contributed by atoms with Gasteiger partial charge in [-0.15, -0.1) is 0 Å². The van der Waals surface area contributed by atoms with Gasteiger partial charge in [-0.3, -0.25) is 4.79 Å². The van der Waals surface area contributed by atoms with Gasteiger partial charge in [0, 0.05) is 12.1 Å². The Morgan fingerprint density at radius 1 is 1.03 bits per heavy atom. The summed E-state index contributed by atoms with van der Waals surface area (Å²) in [6.45, 7) is 6.27. The molecule has 1 amide bonds. The fraction of sp³-hybridized carbons (Fsp3) is 0.480. The van der Waals surface area contributed by atoms with Gasteiger partial charge in [0.15, 0.2) is 0 Å². The van der Waals surface area contributed by atoms with E-state index in [0.29, 0.717) is 12.2 Å². The molecule has 0 unspecified atom stereocenters. The molecule has 162 valence electrons. The zero-order valence-corrected chi connectivity index (χ0v) is 18.7. The number of likely N-dealkylation sites (N-methyl/N-ethyl adjacent to an activating group) is 1. The van der Waals surface area contributed by atoms with Crippen LogP contribution in [0.4, 0.5) is 0 Å². The van der Waals surface area contributed by atoms with Gasteiger partial charge in [0.2, 0.25) is 0 Å². The Morgan fingerprint density at radius 2 is 1.70 bits per heavy atom. The lowest BCUT2D eigenvalue weighted by molar-refractivity contribution is 0.0929. The van der Waals surface area contributed by atoms with Crippen LogP contribution in [0.5, 0.6) is 11.5 Å². The zero-order valence-electron chi connectivity index (χ0n) is 18.7. The monoisotopic (exact) mass is 410 g/mol. The van der Waals surface area contributed by atoms with Crippen molar-refractivity contribution in [3.63, 3.8) is 0 Å². The molecule has 3 rings (SSSR count). The van der Waals surface area contributed by atoms with E-state index in [1.165, 1.54) is 0 Å². The van der Waals surface area contributed by atoms with Gasteiger partial charge in [-0.1, -0.05) is 31.5 Å². The SMILES string of the molecule is CCCCOc1ccc(C2(NC(=O)c3cc(OCCN(C)C)ccc3C)CC2)cc1. The Morgan fingerprint density at radius 3 is 2.33 bits per heavy atom. The summed E-state index contributed by atoms with van der Waals surface area (Å²) in [6.07, 6.45) is 4.08. The van der Waals surface area contributed by atoms with Crippen LogP contribution in [0.1, 0.15) is 54.1 Å². The van der Waals surface area contributed by atoms with E-state index in [0.717, 1.165) is 61.5 Å². The third kappa shape index (κ3) is 5.76. The second-order valence-corrected chi connectivity index (χ2v) is 8.39. The number of unbranched alkanes of at least 4 members (excludes halogenated alkanes) is 1. The highest BCUT2D eigenvalue weighted by Gasteiger charge is 2.45. The predicted octanol–water partition coefficient (Wildman–Crippen LogP) is 4.53. The number of carbonyl (C=O) groups is 1. The molecule has 1 aliphatic rings. The summed E-state index contributed by atoms with van der Waals surface area (Å²) in [5, 5.41) is 3.27. The van der Waals surface area contributed by atoms with Crippen LogP contribution in [0.3, 0.4) is 0 Å². The average Bonchev–Trinajstić information content (AvgIpc) is 3.50. The van der Waals surface area contributed by atoms with Gasteiger partial charge in [0.25, 0.3) is 5.91 Å². The number of aryl methyl sites for hydroxylation is 1. The fourth-order valence-corrected chi connectivity index (χ4v) is 3.38. The molecule has 0 radical (unpaired) electrons. The van der Waals surface area contributed by atoms with Crippen LogP contribution in [-0.2, 0) is 5.54 Å². The average molecular weight is 411 g/mol. The maximum absolute atomic E-state index is 13.1. The van der Waals surface area contributed by atoms with Crippen molar-refractivity contribution in [2.24, 2.45) is 0 Å². The second-order valence-electron chi connectivity index (χ2n) is 8.39. The third-order valence-corrected chi connectivity index (χ3v) is 5.54. The predicted molar refractivity (Wildman–Crippen MR) is 120 cm³/mol. The Bertz CT molecular complexity index is 842. The fourth-order valence-electron chi connectivity index (χ4n) is 3.38. The van der Waals surface area contributed by atoms with Crippen molar-refractivity contribution >= 4 is 5.91 Å². The number of hydrogen-bond donors (Lipinski definition) is 1. The van der Waals surface area contributed by atoms with Crippen molar-refractivity contribution in [2.75, 3.05) is 33.9 Å². The molecule has 2 aromatic carbocycles. The third-order valence-electron chi connectivity index (χ3n) is 5.54. The summed E-state index contributed by atoms with van der Waals surface area (Å²) in [6, 6.07) is 13.9. The molecule has 5 nitrogen and oxygen atoms in total. The van der Waals surface area contributed by atoms with E-state index in [1.54, 1.807) is 0 Å². The highest BCUT2D eigenvalue weighted by atomic mass is 16.5. The summed E-state index contributed by atoms with van der Waals surface area (Å²) in [5.41, 5.74) is 2.48.